The Kier molecular flexibility index (Phi) is 5.34. The maximum atomic E-state index is 12.3. The maximum absolute atomic E-state index is 12.3. The number of amides is 2. The van der Waals surface area contributed by atoms with Crippen molar-refractivity contribution in [3.8, 4) is 5.75 Å². The van der Waals surface area contributed by atoms with Gasteiger partial charge < -0.3 is 9.15 Å². The lowest BCUT2D eigenvalue weighted by Gasteiger charge is -2.09. The molecule has 0 aliphatic heterocycles. The zero-order valence-electron chi connectivity index (χ0n) is 13.8. The third-order valence-electron chi connectivity index (χ3n) is 3.65. The van der Waals surface area contributed by atoms with Crippen LogP contribution in [-0.4, -0.2) is 18.9 Å². The number of ether oxygens (including phenoxy) is 1. The van der Waals surface area contributed by atoms with Crippen LogP contribution in [0.2, 0.25) is 10.0 Å². The van der Waals surface area contributed by atoms with E-state index in [-0.39, 0.29) is 16.1 Å². The Labute approximate surface area is 162 Å². The fourth-order valence-electron chi connectivity index (χ4n) is 2.31. The number of hydrazine groups is 1. The second kappa shape index (κ2) is 7.69. The molecule has 1 aromatic heterocycles. The highest BCUT2D eigenvalue weighted by Crippen LogP contribution is 2.21. The van der Waals surface area contributed by atoms with Crippen LogP contribution in [0.25, 0.3) is 11.0 Å². The minimum absolute atomic E-state index is 0.108. The summed E-state index contributed by atoms with van der Waals surface area (Å²) in [6.07, 6.45) is 0. The highest BCUT2D eigenvalue weighted by molar-refractivity contribution is 6.36. The van der Waals surface area contributed by atoms with E-state index in [0.717, 1.165) is 0 Å². The van der Waals surface area contributed by atoms with Gasteiger partial charge in [0.15, 0.2) is 0 Å². The third-order valence-corrected chi connectivity index (χ3v) is 4.20. The Morgan fingerprint density at radius 3 is 2.33 bits per heavy atom. The van der Waals surface area contributed by atoms with Crippen molar-refractivity contribution in [2.24, 2.45) is 0 Å². The molecule has 2 N–H and O–H groups in total. The Hall–Kier alpha value is -3.03. The first-order chi connectivity index (χ1) is 12.9. The van der Waals surface area contributed by atoms with Crippen LogP contribution in [-0.2, 0) is 0 Å². The minimum atomic E-state index is -0.844. The Balaban J connectivity index is 1.80. The van der Waals surface area contributed by atoms with E-state index in [4.69, 9.17) is 32.4 Å². The molecule has 3 rings (SSSR count). The van der Waals surface area contributed by atoms with Gasteiger partial charge in [-0.15, -0.1) is 0 Å². The molecule has 27 heavy (non-hydrogen) atoms. The summed E-state index contributed by atoms with van der Waals surface area (Å²) in [5.74, 6) is -0.975. The van der Waals surface area contributed by atoms with Gasteiger partial charge in [0.05, 0.1) is 17.7 Å². The lowest BCUT2D eigenvalue weighted by atomic mass is 10.1. The van der Waals surface area contributed by atoms with Crippen molar-refractivity contribution in [1.82, 2.24) is 10.9 Å². The van der Waals surface area contributed by atoms with Gasteiger partial charge >= 0.3 is 5.63 Å². The normalized spacial score (nSPS) is 10.5. The first-order valence-corrected chi connectivity index (χ1v) is 8.32. The maximum Gasteiger partial charge on any atom is 0.349 e. The molecule has 0 spiro atoms. The van der Waals surface area contributed by atoms with E-state index in [2.05, 4.69) is 10.9 Å². The zero-order chi connectivity index (χ0) is 19.6. The van der Waals surface area contributed by atoms with Crippen molar-refractivity contribution in [3.63, 3.8) is 0 Å². The van der Waals surface area contributed by atoms with Crippen molar-refractivity contribution in [2.75, 3.05) is 7.11 Å². The van der Waals surface area contributed by atoms with Gasteiger partial charge in [0.1, 0.15) is 16.9 Å². The lowest BCUT2D eigenvalue weighted by molar-refractivity contribution is 0.0844. The quantitative estimate of drug-likeness (QED) is 0.514. The van der Waals surface area contributed by atoms with Gasteiger partial charge in [-0.25, -0.2) is 4.79 Å². The molecule has 0 radical (unpaired) electrons. The fourth-order valence-corrected chi connectivity index (χ4v) is 2.80. The molecule has 1 heterocycles. The average Bonchev–Trinajstić information content (AvgIpc) is 2.65. The van der Waals surface area contributed by atoms with E-state index < -0.39 is 17.4 Å². The van der Waals surface area contributed by atoms with E-state index >= 15 is 0 Å². The van der Waals surface area contributed by atoms with Crippen molar-refractivity contribution >= 4 is 46.0 Å². The lowest BCUT2D eigenvalue weighted by Crippen LogP contribution is -2.43. The van der Waals surface area contributed by atoms with Gasteiger partial charge in [-0.05, 0) is 42.5 Å². The van der Waals surface area contributed by atoms with Gasteiger partial charge in [-0.2, -0.15) is 0 Å². The molecule has 138 valence electrons. The predicted octanol–water partition coefficient (Wildman–Crippen LogP) is 3.18. The van der Waals surface area contributed by atoms with E-state index in [1.165, 1.54) is 31.4 Å². The minimum Gasteiger partial charge on any atom is -0.497 e. The SMILES string of the molecule is COc1ccc2oc(=O)c(C(=O)NNC(=O)c3ccc(Cl)cc3Cl)cc2c1. The summed E-state index contributed by atoms with van der Waals surface area (Å²) in [5.41, 5.74) is 3.62. The van der Waals surface area contributed by atoms with E-state index in [1.807, 2.05) is 0 Å². The summed E-state index contributed by atoms with van der Waals surface area (Å²) in [7, 11) is 1.49. The van der Waals surface area contributed by atoms with Crippen molar-refractivity contribution in [1.29, 1.82) is 0 Å². The van der Waals surface area contributed by atoms with Gasteiger partial charge in [-0.3, -0.25) is 20.4 Å². The molecule has 0 saturated heterocycles. The number of hydrogen-bond acceptors (Lipinski definition) is 5. The molecule has 0 bridgehead atoms. The third kappa shape index (κ3) is 4.05. The van der Waals surface area contributed by atoms with Crippen LogP contribution in [0.4, 0.5) is 0 Å². The van der Waals surface area contributed by atoms with Crippen LogP contribution in [0, 0.1) is 0 Å². The van der Waals surface area contributed by atoms with Crippen LogP contribution in [0.15, 0.2) is 51.7 Å². The first-order valence-electron chi connectivity index (χ1n) is 7.56. The number of nitrogens with one attached hydrogen (secondary N) is 2. The fraction of sp³-hybridized carbons (Fsp3) is 0.0556. The van der Waals surface area contributed by atoms with Crippen LogP contribution in [0.5, 0.6) is 5.75 Å². The van der Waals surface area contributed by atoms with Crippen molar-refractivity contribution < 1.29 is 18.7 Å². The van der Waals surface area contributed by atoms with E-state index in [1.54, 1.807) is 18.2 Å². The molecule has 0 saturated carbocycles. The average molecular weight is 407 g/mol. The molecule has 2 aromatic carbocycles. The summed E-state index contributed by atoms with van der Waals surface area (Å²) in [5, 5.41) is 0.975. The smallest absolute Gasteiger partial charge is 0.349 e. The van der Waals surface area contributed by atoms with Gasteiger partial charge in [0, 0.05) is 10.4 Å². The van der Waals surface area contributed by atoms with E-state index in [0.29, 0.717) is 21.7 Å². The first kappa shape index (κ1) is 18.8. The molecule has 3 aromatic rings. The van der Waals surface area contributed by atoms with Crippen molar-refractivity contribution in [3.05, 3.63) is 74.1 Å². The summed E-state index contributed by atoms with van der Waals surface area (Å²) in [4.78, 5) is 36.4. The molecule has 0 aliphatic carbocycles. The van der Waals surface area contributed by atoms with E-state index in [9.17, 15) is 14.4 Å². The highest BCUT2D eigenvalue weighted by Gasteiger charge is 2.16. The van der Waals surface area contributed by atoms with Crippen LogP contribution >= 0.6 is 23.2 Å². The second-order valence-electron chi connectivity index (χ2n) is 5.38. The largest absolute Gasteiger partial charge is 0.497 e. The molecule has 2 amide bonds. The summed E-state index contributed by atoms with van der Waals surface area (Å²) in [6, 6.07) is 10.4. The van der Waals surface area contributed by atoms with Gasteiger partial charge in [-0.1, -0.05) is 23.2 Å². The number of carbonyl (C=O) groups excluding carboxylic acids is 2. The van der Waals surface area contributed by atoms with Crippen LogP contribution < -0.4 is 21.2 Å². The van der Waals surface area contributed by atoms with Crippen molar-refractivity contribution in [2.45, 2.75) is 0 Å². The molecule has 7 nitrogen and oxygen atoms in total. The summed E-state index contributed by atoms with van der Waals surface area (Å²) >= 11 is 11.7. The Morgan fingerprint density at radius 2 is 1.67 bits per heavy atom. The Morgan fingerprint density at radius 1 is 0.963 bits per heavy atom. The number of halogens is 2. The monoisotopic (exact) mass is 406 g/mol. The molecular formula is C18H12Cl2N2O5. The number of benzene rings is 2. The number of carbonyl (C=O) groups is 2. The molecule has 9 heteroatoms. The molecular weight excluding hydrogens is 395 g/mol. The summed E-state index contributed by atoms with van der Waals surface area (Å²) in [6.45, 7) is 0. The predicted molar refractivity (Wildman–Crippen MR) is 100 cm³/mol. The van der Waals surface area contributed by atoms with Gasteiger partial charge in [0.2, 0.25) is 0 Å². The van der Waals surface area contributed by atoms with Gasteiger partial charge in [0.25, 0.3) is 11.8 Å². The number of hydrogen-bond donors (Lipinski definition) is 2. The topological polar surface area (TPSA) is 97.6 Å². The Bertz CT molecular complexity index is 1110. The van der Waals surface area contributed by atoms with Crippen LogP contribution in [0.1, 0.15) is 20.7 Å². The molecule has 0 aliphatic rings. The number of rotatable bonds is 3. The molecule has 0 unspecified atom stereocenters. The second-order valence-corrected chi connectivity index (χ2v) is 6.23. The highest BCUT2D eigenvalue weighted by atomic mass is 35.5. The van der Waals surface area contributed by atoms with Crippen LogP contribution in [0.3, 0.4) is 0 Å². The number of methoxy groups -OCH3 is 1. The number of fused-ring (bicyclic) bond motifs is 1. The molecule has 0 fully saturated rings. The molecule has 0 atom stereocenters. The zero-order valence-corrected chi connectivity index (χ0v) is 15.4. The summed E-state index contributed by atoms with van der Waals surface area (Å²) < 4.78 is 10.2. The standard InChI is InChI=1S/C18H12Cl2N2O5/c1-26-11-3-5-15-9(6-11)7-13(18(25)27-15)17(24)22-21-16(23)12-4-2-10(19)8-14(12)20/h2-8H,1H3,(H,21,23)(H,22,24).